The number of pyridine rings is 1. The topological polar surface area (TPSA) is 57.5 Å². The Bertz CT molecular complexity index is 917. The van der Waals surface area contributed by atoms with Gasteiger partial charge in [0.2, 0.25) is 0 Å². The quantitative estimate of drug-likeness (QED) is 0.784. The van der Waals surface area contributed by atoms with Crippen LogP contribution in [0.2, 0.25) is 0 Å². The lowest BCUT2D eigenvalue weighted by Gasteiger charge is -2.24. The molecule has 26 heavy (non-hydrogen) atoms. The van der Waals surface area contributed by atoms with Crippen LogP contribution >= 0.6 is 0 Å². The van der Waals surface area contributed by atoms with Gasteiger partial charge in [-0.2, -0.15) is 0 Å². The summed E-state index contributed by atoms with van der Waals surface area (Å²) in [6.45, 7) is 7.95. The zero-order chi connectivity index (χ0) is 19.0. The third-order valence-electron chi connectivity index (χ3n) is 4.65. The van der Waals surface area contributed by atoms with Crippen molar-refractivity contribution in [1.82, 2.24) is 4.57 Å². The minimum Gasteiger partial charge on any atom is -0.491 e. The lowest BCUT2D eigenvalue weighted by molar-refractivity contribution is 0.0523. The Morgan fingerprint density at radius 2 is 2.12 bits per heavy atom. The van der Waals surface area contributed by atoms with E-state index in [1.165, 1.54) is 18.3 Å². The molecule has 1 aromatic heterocycles. The molecule has 0 amide bonds. The highest BCUT2D eigenvalue weighted by Gasteiger charge is 2.27. The molecule has 1 aliphatic heterocycles. The van der Waals surface area contributed by atoms with Gasteiger partial charge in [-0.05, 0) is 37.5 Å². The van der Waals surface area contributed by atoms with E-state index in [-0.39, 0.29) is 29.9 Å². The molecule has 0 saturated heterocycles. The highest BCUT2D eigenvalue weighted by Crippen LogP contribution is 2.38. The van der Waals surface area contributed by atoms with E-state index in [1.54, 1.807) is 19.9 Å². The predicted molar refractivity (Wildman–Crippen MR) is 96.2 cm³/mol. The summed E-state index contributed by atoms with van der Waals surface area (Å²) in [6, 6.07) is 4.27. The van der Waals surface area contributed by atoms with E-state index < -0.39 is 11.4 Å². The van der Waals surface area contributed by atoms with E-state index in [4.69, 9.17) is 9.47 Å². The van der Waals surface area contributed by atoms with Crippen molar-refractivity contribution in [2.45, 2.75) is 33.7 Å². The number of fused-ring (bicyclic) bond motifs is 3. The number of aromatic nitrogens is 1. The van der Waals surface area contributed by atoms with Gasteiger partial charge in [0.05, 0.1) is 18.3 Å². The lowest BCUT2D eigenvalue weighted by Crippen LogP contribution is -2.26. The van der Waals surface area contributed by atoms with Crippen molar-refractivity contribution in [2.24, 2.45) is 5.92 Å². The predicted octanol–water partition coefficient (Wildman–Crippen LogP) is 3.73. The number of hydrogen-bond donors (Lipinski definition) is 0. The maximum Gasteiger partial charge on any atom is 0.343 e. The van der Waals surface area contributed by atoms with Gasteiger partial charge in [-0.25, -0.2) is 9.18 Å². The summed E-state index contributed by atoms with van der Waals surface area (Å²) in [7, 11) is 0. The fourth-order valence-corrected chi connectivity index (χ4v) is 3.15. The average molecular weight is 359 g/mol. The van der Waals surface area contributed by atoms with Gasteiger partial charge < -0.3 is 14.0 Å². The third kappa shape index (κ3) is 3.11. The van der Waals surface area contributed by atoms with Gasteiger partial charge in [0.25, 0.3) is 0 Å². The number of carbonyl (C=O) groups is 1. The largest absolute Gasteiger partial charge is 0.491 e. The molecule has 138 valence electrons. The van der Waals surface area contributed by atoms with Gasteiger partial charge in [0.1, 0.15) is 23.7 Å². The van der Waals surface area contributed by atoms with Gasteiger partial charge >= 0.3 is 5.97 Å². The summed E-state index contributed by atoms with van der Waals surface area (Å²) in [6.07, 6.45) is 1.51. The Labute approximate surface area is 151 Å². The van der Waals surface area contributed by atoms with Crippen molar-refractivity contribution in [2.75, 3.05) is 13.2 Å². The molecular formula is C20H22FNO4. The van der Waals surface area contributed by atoms with Crippen LogP contribution in [0.3, 0.4) is 0 Å². The first-order valence-electron chi connectivity index (χ1n) is 8.70. The van der Waals surface area contributed by atoms with Crippen molar-refractivity contribution in [3.8, 4) is 17.0 Å². The lowest BCUT2D eigenvalue weighted by atomic mass is 10.0. The maximum atomic E-state index is 14.2. The van der Waals surface area contributed by atoms with Crippen molar-refractivity contribution >= 4 is 5.97 Å². The summed E-state index contributed by atoms with van der Waals surface area (Å²) >= 11 is 0. The van der Waals surface area contributed by atoms with E-state index in [2.05, 4.69) is 0 Å². The van der Waals surface area contributed by atoms with Gasteiger partial charge in [-0.15, -0.1) is 0 Å². The summed E-state index contributed by atoms with van der Waals surface area (Å²) in [5.41, 5.74) is 1.03. The van der Waals surface area contributed by atoms with Crippen LogP contribution in [-0.2, 0) is 4.74 Å². The molecule has 0 fully saturated rings. The molecule has 0 bridgehead atoms. The van der Waals surface area contributed by atoms with Crippen LogP contribution < -0.4 is 10.2 Å². The minimum absolute atomic E-state index is 0.0303. The Balaban J connectivity index is 2.27. The molecular weight excluding hydrogens is 337 g/mol. The number of benzene rings is 1. The SMILES string of the molecule is CCOC(=O)c1cn2c(cc1=O)-c1cc(F)c(C)cc1OCC2C(C)C. The number of aryl methyl sites for hydroxylation is 1. The standard InChI is InChI=1S/C20H22FNO4/c1-5-25-20(24)14-9-22-16(8-18(14)23)13-7-15(21)12(4)6-19(13)26-10-17(22)11(2)3/h6-9,11,17H,5,10H2,1-4H3. The van der Waals surface area contributed by atoms with Crippen molar-refractivity contribution in [3.63, 3.8) is 0 Å². The Hall–Kier alpha value is -2.63. The number of ether oxygens (including phenoxy) is 2. The molecule has 3 rings (SSSR count). The van der Waals surface area contributed by atoms with E-state index in [0.717, 1.165) is 0 Å². The second kappa shape index (κ2) is 6.94. The molecule has 0 radical (unpaired) electrons. The van der Waals surface area contributed by atoms with Gasteiger partial charge in [0.15, 0.2) is 5.43 Å². The zero-order valence-corrected chi connectivity index (χ0v) is 15.3. The first kappa shape index (κ1) is 18.2. The molecule has 6 heteroatoms. The number of carbonyl (C=O) groups excluding carboxylic acids is 1. The molecule has 1 aromatic carbocycles. The Morgan fingerprint density at radius 3 is 2.77 bits per heavy atom. The minimum atomic E-state index is -0.657. The molecule has 2 heterocycles. The first-order valence-corrected chi connectivity index (χ1v) is 8.70. The fraction of sp³-hybridized carbons (Fsp3) is 0.400. The Morgan fingerprint density at radius 1 is 1.38 bits per heavy atom. The number of hydrogen-bond acceptors (Lipinski definition) is 4. The van der Waals surface area contributed by atoms with Gasteiger partial charge in [0, 0.05) is 17.8 Å². The summed E-state index contributed by atoms with van der Waals surface area (Å²) in [5.74, 6) is -0.324. The number of esters is 1. The van der Waals surface area contributed by atoms with Crippen molar-refractivity contribution in [3.05, 3.63) is 51.6 Å². The molecule has 1 atom stereocenters. The number of rotatable bonds is 3. The van der Waals surface area contributed by atoms with E-state index in [1.807, 2.05) is 18.4 Å². The van der Waals surface area contributed by atoms with Gasteiger partial charge in [-0.1, -0.05) is 13.8 Å². The summed E-state index contributed by atoms with van der Waals surface area (Å²) in [5, 5.41) is 0. The van der Waals surface area contributed by atoms with Crippen molar-refractivity contribution in [1.29, 1.82) is 0 Å². The second-order valence-electron chi connectivity index (χ2n) is 6.78. The smallest absolute Gasteiger partial charge is 0.343 e. The van der Waals surface area contributed by atoms with E-state index in [0.29, 0.717) is 29.2 Å². The molecule has 0 aliphatic carbocycles. The van der Waals surface area contributed by atoms with E-state index >= 15 is 0 Å². The van der Waals surface area contributed by atoms with Crippen LogP contribution in [-0.4, -0.2) is 23.8 Å². The van der Waals surface area contributed by atoms with Crippen LogP contribution in [0.25, 0.3) is 11.3 Å². The van der Waals surface area contributed by atoms with E-state index in [9.17, 15) is 14.0 Å². The molecule has 1 aliphatic rings. The number of halogens is 1. The van der Waals surface area contributed by atoms with Crippen LogP contribution in [0, 0.1) is 18.7 Å². The molecule has 0 N–H and O–H groups in total. The van der Waals surface area contributed by atoms with Crippen LogP contribution in [0.1, 0.15) is 42.7 Å². The number of nitrogens with zero attached hydrogens (tertiary/aromatic N) is 1. The van der Waals surface area contributed by atoms with Gasteiger partial charge in [-0.3, -0.25) is 4.79 Å². The molecule has 0 saturated carbocycles. The van der Waals surface area contributed by atoms with Crippen LogP contribution in [0.4, 0.5) is 4.39 Å². The second-order valence-corrected chi connectivity index (χ2v) is 6.78. The average Bonchev–Trinajstić information content (AvgIpc) is 2.72. The summed E-state index contributed by atoms with van der Waals surface area (Å²) in [4.78, 5) is 24.6. The zero-order valence-electron chi connectivity index (χ0n) is 15.3. The summed E-state index contributed by atoms with van der Waals surface area (Å²) < 4.78 is 26.9. The molecule has 5 nitrogen and oxygen atoms in total. The third-order valence-corrected chi connectivity index (χ3v) is 4.65. The Kier molecular flexibility index (Phi) is 4.85. The molecule has 2 aromatic rings. The van der Waals surface area contributed by atoms with Crippen LogP contribution in [0.15, 0.2) is 29.2 Å². The van der Waals surface area contributed by atoms with Crippen molar-refractivity contribution < 1.29 is 18.7 Å². The first-order chi connectivity index (χ1) is 12.3. The highest BCUT2D eigenvalue weighted by atomic mass is 19.1. The maximum absolute atomic E-state index is 14.2. The fourth-order valence-electron chi connectivity index (χ4n) is 3.15. The molecule has 1 unspecified atom stereocenters. The highest BCUT2D eigenvalue weighted by molar-refractivity contribution is 5.89. The molecule has 0 spiro atoms. The van der Waals surface area contributed by atoms with Crippen LogP contribution in [0.5, 0.6) is 5.75 Å². The monoisotopic (exact) mass is 359 g/mol. The normalized spacial score (nSPS) is 15.7.